The van der Waals surface area contributed by atoms with Crippen LogP contribution in [0.25, 0.3) is 11.4 Å². The predicted molar refractivity (Wildman–Crippen MR) is 109 cm³/mol. The minimum atomic E-state index is -0.736. The van der Waals surface area contributed by atoms with Crippen LogP contribution >= 0.6 is 11.6 Å². The summed E-state index contributed by atoms with van der Waals surface area (Å²) in [5.41, 5.74) is 2.72. The van der Waals surface area contributed by atoms with Crippen molar-refractivity contribution >= 4 is 28.8 Å². The highest BCUT2D eigenvalue weighted by Gasteiger charge is 2.17. The molecule has 1 aromatic heterocycles. The molecule has 4 rings (SSSR count). The molecule has 2 N–H and O–H groups in total. The van der Waals surface area contributed by atoms with Crippen molar-refractivity contribution in [2.24, 2.45) is 0 Å². The van der Waals surface area contributed by atoms with Gasteiger partial charge in [-0.3, -0.25) is 4.79 Å². The molecule has 1 heterocycles. The first-order valence-electron chi connectivity index (χ1n) is 8.83. The third-order valence-corrected chi connectivity index (χ3v) is 4.84. The molecule has 0 aliphatic carbocycles. The van der Waals surface area contributed by atoms with E-state index in [0.717, 1.165) is 17.7 Å². The number of carbonyl (C=O) groups is 1. The monoisotopic (exact) mass is 425 g/mol. The first-order chi connectivity index (χ1) is 14.4. The number of hydrogen-bond donors (Lipinski definition) is 2. The van der Waals surface area contributed by atoms with Gasteiger partial charge in [0.05, 0.1) is 10.7 Å². The summed E-state index contributed by atoms with van der Waals surface area (Å²) in [6.45, 7) is 1.82. The second kappa shape index (κ2) is 8.00. The van der Waals surface area contributed by atoms with Gasteiger partial charge < -0.3 is 5.32 Å². The van der Waals surface area contributed by atoms with E-state index in [4.69, 9.17) is 11.6 Å². The van der Waals surface area contributed by atoms with Gasteiger partial charge in [-0.2, -0.15) is 0 Å². The van der Waals surface area contributed by atoms with Crippen molar-refractivity contribution < 1.29 is 13.6 Å². The average Bonchev–Trinajstić information content (AvgIpc) is 3.25. The number of benzene rings is 3. The number of aromatic amines is 1. The number of aromatic nitrogens is 4. The Morgan fingerprint density at radius 1 is 1.03 bits per heavy atom. The molecule has 30 heavy (non-hydrogen) atoms. The Balaban J connectivity index is 1.63. The molecule has 0 saturated heterocycles. The Bertz CT molecular complexity index is 1240. The number of carbonyl (C=O) groups excluding carboxylic acids is 1. The van der Waals surface area contributed by atoms with Crippen LogP contribution in [0.1, 0.15) is 21.5 Å². The van der Waals surface area contributed by atoms with E-state index < -0.39 is 11.6 Å². The smallest absolute Gasteiger partial charge is 0.194 e. The highest BCUT2D eigenvalue weighted by atomic mass is 35.5. The molecule has 0 bridgehead atoms. The SMILES string of the molecule is Cc1ccc(-c2nnn[nH]2)cc1C(=O)c1ccc(Nc2ccc(F)cc2F)cc1Cl. The van der Waals surface area contributed by atoms with Crippen LogP contribution in [0, 0.1) is 18.6 Å². The predicted octanol–water partition coefficient (Wildman–Crippen LogP) is 5.08. The van der Waals surface area contributed by atoms with Gasteiger partial charge in [0.2, 0.25) is 0 Å². The van der Waals surface area contributed by atoms with Crippen LogP contribution in [0.4, 0.5) is 20.2 Å². The molecular weight excluding hydrogens is 412 g/mol. The van der Waals surface area contributed by atoms with Gasteiger partial charge in [0.1, 0.15) is 11.6 Å². The Labute approximate surface area is 174 Å². The van der Waals surface area contributed by atoms with Gasteiger partial charge in [-0.25, -0.2) is 13.9 Å². The van der Waals surface area contributed by atoms with E-state index in [9.17, 15) is 13.6 Å². The lowest BCUT2D eigenvalue weighted by Crippen LogP contribution is -2.06. The van der Waals surface area contributed by atoms with E-state index in [-0.39, 0.29) is 22.1 Å². The molecule has 0 aliphatic rings. The maximum atomic E-state index is 13.9. The van der Waals surface area contributed by atoms with Crippen molar-refractivity contribution in [2.75, 3.05) is 5.32 Å². The van der Waals surface area contributed by atoms with Crippen LogP contribution in [0.3, 0.4) is 0 Å². The van der Waals surface area contributed by atoms with E-state index in [1.165, 1.54) is 12.1 Å². The quantitative estimate of drug-likeness (QED) is 0.435. The first kappa shape index (κ1) is 19.7. The average molecular weight is 426 g/mol. The molecule has 4 aromatic rings. The standard InChI is InChI=1S/C21H14ClF2N5O/c1-11-2-3-12(21-26-28-29-27-21)8-16(11)20(30)15-6-5-14(10-17(15)22)25-19-7-4-13(23)9-18(19)24/h2-10,25H,1H3,(H,26,27,28,29). The fraction of sp³-hybridized carbons (Fsp3) is 0.0476. The van der Waals surface area contributed by atoms with Gasteiger partial charge in [0, 0.05) is 28.4 Å². The van der Waals surface area contributed by atoms with Crippen LogP contribution < -0.4 is 5.32 Å². The second-order valence-corrected chi connectivity index (χ2v) is 6.96. The van der Waals surface area contributed by atoms with Crippen molar-refractivity contribution in [1.29, 1.82) is 0 Å². The summed E-state index contributed by atoms with van der Waals surface area (Å²) in [6, 6.07) is 13.2. The number of aryl methyl sites for hydroxylation is 1. The number of tetrazole rings is 1. The molecule has 0 unspecified atom stereocenters. The third kappa shape index (κ3) is 3.90. The minimum absolute atomic E-state index is 0.0933. The zero-order valence-corrected chi connectivity index (χ0v) is 16.3. The van der Waals surface area contributed by atoms with Crippen molar-refractivity contribution in [3.8, 4) is 11.4 Å². The summed E-state index contributed by atoms with van der Waals surface area (Å²) >= 11 is 6.34. The van der Waals surface area contributed by atoms with Crippen molar-refractivity contribution in [1.82, 2.24) is 20.6 Å². The van der Waals surface area contributed by atoms with Gasteiger partial charge in [-0.05, 0) is 59.3 Å². The summed E-state index contributed by atoms with van der Waals surface area (Å²) in [4.78, 5) is 13.1. The van der Waals surface area contributed by atoms with E-state index in [1.54, 1.807) is 30.3 Å². The summed E-state index contributed by atoms with van der Waals surface area (Å²) in [5, 5.41) is 16.6. The summed E-state index contributed by atoms with van der Waals surface area (Å²) < 4.78 is 26.9. The van der Waals surface area contributed by atoms with Gasteiger partial charge in [-0.15, -0.1) is 5.10 Å². The fourth-order valence-electron chi connectivity index (χ4n) is 2.96. The lowest BCUT2D eigenvalue weighted by molar-refractivity contribution is 0.103. The molecule has 9 heteroatoms. The lowest BCUT2D eigenvalue weighted by atomic mass is 9.96. The molecule has 3 aromatic carbocycles. The zero-order chi connectivity index (χ0) is 21.3. The topological polar surface area (TPSA) is 83.6 Å². The maximum absolute atomic E-state index is 13.9. The minimum Gasteiger partial charge on any atom is -0.353 e. The molecule has 0 fully saturated rings. The number of nitrogens with one attached hydrogen (secondary N) is 2. The molecule has 0 radical (unpaired) electrons. The molecule has 0 spiro atoms. The number of ketones is 1. The van der Waals surface area contributed by atoms with Crippen LogP contribution in [0.15, 0.2) is 54.6 Å². The third-order valence-electron chi connectivity index (χ3n) is 4.52. The number of rotatable bonds is 5. The number of anilines is 2. The van der Waals surface area contributed by atoms with Crippen LogP contribution in [0.5, 0.6) is 0 Å². The van der Waals surface area contributed by atoms with Crippen LogP contribution in [-0.2, 0) is 0 Å². The summed E-state index contributed by atoms with van der Waals surface area (Å²) in [7, 11) is 0. The Hall–Kier alpha value is -3.65. The van der Waals surface area contributed by atoms with E-state index in [1.807, 2.05) is 6.92 Å². The van der Waals surface area contributed by atoms with E-state index in [2.05, 4.69) is 25.9 Å². The Morgan fingerprint density at radius 3 is 2.57 bits per heavy atom. The molecule has 0 atom stereocenters. The zero-order valence-electron chi connectivity index (χ0n) is 15.6. The highest BCUT2D eigenvalue weighted by molar-refractivity contribution is 6.35. The van der Waals surface area contributed by atoms with Crippen molar-refractivity contribution in [2.45, 2.75) is 6.92 Å². The maximum Gasteiger partial charge on any atom is 0.194 e. The number of hydrogen-bond acceptors (Lipinski definition) is 5. The fourth-order valence-corrected chi connectivity index (χ4v) is 3.23. The molecular formula is C21H14ClF2N5O. The second-order valence-electron chi connectivity index (χ2n) is 6.55. The van der Waals surface area contributed by atoms with Crippen molar-refractivity contribution in [3.05, 3.63) is 87.9 Å². The normalized spacial score (nSPS) is 10.8. The number of nitrogens with zero attached hydrogens (tertiary/aromatic N) is 3. The van der Waals surface area contributed by atoms with E-state index >= 15 is 0 Å². The lowest BCUT2D eigenvalue weighted by Gasteiger charge is -2.11. The first-order valence-corrected chi connectivity index (χ1v) is 9.21. The molecule has 0 aliphatic heterocycles. The highest BCUT2D eigenvalue weighted by Crippen LogP contribution is 2.28. The summed E-state index contributed by atoms with van der Waals surface area (Å²) in [5.74, 6) is -1.24. The van der Waals surface area contributed by atoms with Gasteiger partial charge >= 0.3 is 0 Å². The van der Waals surface area contributed by atoms with Crippen LogP contribution in [-0.4, -0.2) is 26.4 Å². The largest absolute Gasteiger partial charge is 0.353 e. The van der Waals surface area contributed by atoms with E-state index in [0.29, 0.717) is 22.6 Å². The van der Waals surface area contributed by atoms with Gasteiger partial charge in [0.25, 0.3) is 0 Å². The molecule has 150 valence electrons. The Kier molecular flexibility index (Phi) is 5.24. The molecule has 0 amide bonds. The van der Waals surface area contributed by atoms with Crippen molar-refractivity contribution in [3.63, 3.8) is 0 Å². The summed E-state index contributed by atoms with van der Waals surface area (Å²) in [6.07, 6.45) is 0. The molecule has 0 saturated carbocycles. The number of halogens is 3. The molecule has 6 nitrogen and oxygen atoms in total. The van der Waals surface area contributed by atoms with Crippen LogP contribution in [0.2, 0.25) is 5.02 Å². The van der Waals surface area contributed by atoms with Gasteiger partial charge in [0.15, 0.2) is 11.6 Å². The van der Waals surface area contributed by atoms with Gasteiger partial charge in [-0.1, -0.05) is 23.7 Å². The number of H-pyrrole nitrogens is 1. The Morgan fingerprint density at radius 2 is 1.87 bits per heavy atom.